The van der Waals surface area contributed by atoms with Crippen LogP contribution in [0.5, 0.6) is 0 Å². The molecule has 21 heavy (non-hydrogen) atoms. The van der Waals surface area contributed by atoms with Gasteiger partial charge in [0.05, 0.1) is 5.92 Å². The topological polar surface area (TPSA) is 55.4 Å². The third kappa shape index (κ3) is 7.97. The van der Waals surface area contributed by atoms with Crippen LogP contribution in [0, 0.1) is 5.92 Å². The Kier molecular flexibility index (Phi) is 8.23. The number of nitrogens with one attached hydrogen (secondary N) is 1. The summed E-state index contributed by atoms with van der Waals surface area (Å²) < 4.78 is 16.3. The molecule has 1 rings (SSSR count). The van der Waals surface area contributed by atoms with E-state index in [4.69, 9.17) is 4.74 Å². The summed E-state index contributed by atoms with van der Waals surface area (Å²) in [6.07, 6.45) is 2.55. The van der Waals surface area contributed by atoms with Gasteiger partial charge in [-0.2, -0.15) is 0 Å². The van der Waals surface area contributed by atoms with E-state index in [1.165, 1.54) is 0 Å². The second kappa shape index (κ2) is 9.68. The lowest BCUT2D eigenvalue weighted by atomic mass is 10.1. The third-order valence-electron chi connectivity index (χ3n) is 3.24. The van der Waals surface area contributed by atoms with E-state index in [1.807, 2.05) is 44.2 Å². The standard InChI is InChI=1S/C16H25NO3S/c1-13(11-17-14(2)9-10-21(3)19)16(18)20-12-15-7-5-4-6-8-15/h4-8,13-14,17H,9-12H2,1-3H3. The summed E-state index contributed by atoms with van der Waals surface area (Å²) in [5, 5.41) is 3.28. The minimum absolute atomic E-state index is 0.191. The monoisotopic (exact) mass is 311 g/mol. The Morgan fingerprint density at radius 1 is 1.29 bits per heavy atom. The summed E-state index contributed by atoms with van der Waals surface area (Å²) in [6.45, 7) is 4.78. The van der Waals surface area contributed by atoms with E-state index in [9.17, 15) is 9.00 Å². The molecular weight excluding hydrogens is 286 g/mol. The zero-order chi connectivity index (χ0) is 15.7. The largest absolute Gasteiger partial charge is 0.461 e. The number of rotatable bonds is 9. The molecular formula is C16H25NO3S. The first-order valence-corrected chi connectivity index (χ1v) is 8.95. The molecule has 0 fully saturated rings. The fraction of sp³-hybridized carbons (Fsp3) is 0.562. The van der Waals surface area contributed by atoms with Crippen LogP contribution in [0.25, 0.3) is 0 Å². The molecule has 1 N–H and O–H groups in total. The van der Waals surface area contributed by atoms with Crippen LogP contribution < -0.4 is 5.32 Å². The van der Waals surface area contributed by atoms with Crippen molar-refractivity contribution >= 4 is 16.8 Å². The van der Waals surface area contributed by atoms with Gasteiger partial charge < -0.3 is 10.1 Å². The number of hydrogen-bond donors (Lipinski definition) is 1. The molecule has 0 saturated heterocycles. The van der Waals surface area contributed by atoms with Crippen LogP contribution in [0.3, 0.4) is 0 Å². The number of esters is 1. The fourth-order valence-electron chi connectivity index (χ4n) is 1.78. The average molecular weight is 311 g/mol. The van der Waals surface area contributed by atoms with Gasteiger partial charge >= 0.3 is 5.97 Å². The summed E-state index contributed by atoms with van der Waals surface area (Å²) in [5.41, 5.74) is 0.991. The molecule has 0 bridgehead atoms. The van der Waals surface area contributed by atoms with Crippen molar-refractivity contribution in [2.45, 2.75) is 32.9 Å². The molecule has 3 unspecified atom stereocenters. The molecule has 0 saturated carbocycles. The van der Waals surface area contributed by atoms with Crippen molar-refractivity contribution in [2.75, 3.05) is 18.6 Å². The van der Waals surface area contributed by atoms with E-state index in [2.05, 4.69) is 5.32 Å². The van der Waals surface area contributed by atoms with Gasteiger partial charge in [-0.25, -0.2) is 0 Å². The quantitative estimate of drug-likeness (QED) is 0.710. The average Bonchev–Trinajstić information content (AvgIpc) is 2.49. The van der Waals surface area contributed by atoms with Crippen LogP contribution in [0.15, 0.2) is 30.3 Å². The molecule has 0 heterocycles. The Morgan fingerprint density at radius 3 is 2.57 bits per heavy atom. The van der Waals surface area contributed by atoms with Gasteiger partial charge in [0.1, 0.15) is 6.61 Å². The molecule has 0 amide bonds. The molecule has 5 heteroatoms. The van der Waals surface area contributed by atoms with E-state index in [0.717, 1.165) is 12.0 Å². The van der Waals surface area contributed by atoms with Crippen LogP contribution in [-0.2, 0) is 26.9 Å². The molecule has 0 radical (unpaired) electrons. The molecule has 0 spiro atoms. The van der Waals surface area contributed by atoms with Crippen molar-refractivity contribution in [2.24, 2.45) is 5.92 Å². The summed E-state index contributed by atoms with van der Waals surface area (Å²) in [4.78, 5) is 11.9. The number of carbonyl (C=O) groups is 1. The van der Waals surface area contributed by atoms with Crippen LogP contribution in [-0.4, -0.2) is 34.8 Å². The summed E-state index contributed by atoms with van der Waals surface area (Å²) in [6, 6.07) is 9.90. The zero-order valence-corrected chi connectivity index (χ0v) is 13.8. The van der Waals surface area contributed by atoms with Crippen molar-refractivity contribution < 1.29 is 13.7 Å². The first-order valence-electron chi connectivity index (χ1n) is 7.23. The molecule has 1 aromatic rings. The first-order chi connectivity index (χ1) is 9.99. The van der Waals surface area contributed by atoms with Gasteiger partial charge in [-0.1, -0.05) is 37.3 Å². The van der Waals surface area contributed by atoms with Gasteiger partial charge in [0, 0.05) is 35.4 Å². The third-order valence-corrected chi connectivity index (χ3v) is 4.05. The normalized spacial score (nSPS) is 15.2. The second-order valence-corrected chi connectivity index (χ2v) is 6.92. The smallest absolute Gasteiger partial charge is 0.310 e. The van der Waals surface area contributed by atoms with Crippen molar-refractivity contribution in [3.05, 3.63) is 35.9 Å². The van der Waals surface area contributed by atoms with Crippen molar-refractivity contribution in [3.63, 3.8) is 0 Å². The Labute approximate surface area is 129 Å². The summed E-state index contributed by atoms with van der Waals surface area (Å²) in [7, 11) is -0.765. The highest BCUT2D eigenvalue weighted by Crippen LogP contribution is 2.05. The lowest BCUT2D eigenvalue weighted by Gasteiger charge is -2.16. The van der Waals surface area contributed by atoms with Crippen LogP contribution >= 0.6 is 0 Å². The highest BCUT2D eigenvalue weighted by Gasteiger charge is 2.15. The SMILES string of the molecule is CC(CCS(C)=O)NCC(C)C(=O)OCc1ccccc1. The first kappa shape index (κ1) is 17.9. The number of benzene rings is 1. The lowest BCUT2D eigenvalue weighted by Crippen LogP contribution is -2.34. The Hall–Kier alpha value is -1.20. The van der Waals surface area contributed by atoms with Gasteiger partial charge in [-0.15, -0.1) is 0 Å². The van der Waals surface area contributed by atoms with E-state index in [1.54, 1.807) is 6.26 Å². The zero-order valence-electron chi connectivity index (χ0n) is 13.0. The second-order valence-electron chi connectivity index (χ2n) is 5.37. The van der Waals surface area contributed by atoms with Gasteiger partial charge in [0.2, 0.25) is 0 Å². The van der Waals surface area contributed by atoms with Crippen molar-refractivity contribution in [1.29, 1.82) is 0 Å². The maximum absolute atomic E-state index is 11.9. The van der Waals surface area contributed by atoms with Crippen LogP contribution in [0.2, 0.25) is 0 Å². The molecule has 4 nitrogen and oxygen atoms in total. The summed E-state index contributed by atoms with van der Waals surface area (Å²) in [5.74, 6) is 0.293. The summed E-state index contributed by atoms with van der Waals surface area (Å²) >= 11 is 0. The number of hydrogen-bond acceptors (Lipinski definition) is 4. The Balaban J connectivity index is 2.23. The molecule has 0 aliphatic heterocycles. The number of ether oxygens (including phenoxy) is 1. The van der Waals surface area contributed by atoms with Gasteiger partial charge in [-0.3, -0.25) is 9.00 Å². The van der Waals surface area contributed by atoms with Gasteiger partial charge in [0.15, 0.2) is 0 Å². The maximum Gasteiger partial charge on any atom is 0.310 e. The molecule has 0 aromatic heterocycles. The van der Waals surface area contributed by atoms with Crippen molar-refractivity contribution in [3.8, 4) is 0 Å². The Morgan fingerprint density at radius 2 is 1.95 bits per heavy atom. The molecule has 3 atom stereocenters. The van der Waals surface area contributed by atoms with Gasteiger partial charge in [-0.05, 0) is 18.9 Å². The molecule has 1 aromatic carbocycles. The molecule has 118 valence electrons. The van der Waals surface area contributed by atoms with E-state index >= 15 is 0 Å². The molecule has 0 aliphatic carbocycles. The van der Waals surface area contributed by atoms with Crippen LogP contribution in [0.4, 0.5) is 0 Å². The molecule has 0 aliphatic rings. The highest BCUT2D eigenvalue weighted by atomic mass is 32.2. The predicted octanol–water partition coefficient (Wildman–Crippen LogP) is 2.11. The minimum Gasteiger partial charge on any atom is -0.461 e. The maximum atomic E-state index is 11.9. The minimum atomic E-state index is -0.765. The Bertz CT molecular complexity index is 450. The van der Waals surface area contributed by atoms with E-state index < -0.39 is 10.8 Å². The van der Waals surface area contributed by atoms with E-state index in [-0.39, 0.29) is 17.9 Å². The van der Waals surface area contributed by atoms with E-state index in [0.29, 0.717) is 18.9 Å². The van der Waals surface area contributed by atoms with Gasteiger partial charge in [0.25, 0.3) is 0 Å². The van der Waals surface area contributed by atoms with Crippen LogP contribution in [0.1, 0.15) is 25.8 Å². The predicted molar refractivity (Wildman–Crippen MR) is 86.4 cm³/mol. The number of carbonyl (C=O) groups excluding carboxylic acids is 1. The lowest BCUT2D eigenvalue weighted by molar-refractivity contribution is -0.149. The van der Waals surface area contributed by atoms with Crippen molar-refractivity contribution in [1.82, 2.24) is 5.32 Å². The fourth-order valence-corrected chi connectivity index (χ4v) is 2.46. The highest BCUT2D eigenvalue weighted by molar-refractivity contribution is 7.84.